The van der Waals surface area contributed by atoms with E-state index in [4.69, 9.17) is 6.42 Å². The molecule has 1 N–H and O–H groups in total. The lowest BCUT2D eigenvalue weighted by atomic mass is 10.1. The van der Waals surface area contributed by atoms with E-state index in [1.165, 1.54) is 10.1 Å². The summed E-state index contributed by atoms with van der Waals surface area (Å²) in [5.41, 5.74) is 1.11. The van der Waals surface area contributed by atoms with Gasteiger partial charge in [-0.2, -0.15) is 0 Å². The maximum atomic E-state index is 11.7. The number of nitrogens with one attached hydrogen (secondary N) is 1. The predicted molar refractivity (Wildman–Crippen MR) is 72.2 cm³/mol. The van der Waals surface area contributed by atoms with Gasteiger partial charge in [0.15, 0.2) is 5.78 Å². The first-order chi connectivity index (χ1) is 8.31. The minimum atomic E-state index is 0.170. The first-order valence-corrected chi connectivity index (χ1v) is 6.30. The molecule has 3 heteroatoms. The molecule has 2 aromatic rings. The van der Waals surface area contributed by atoms with Crippen LogP contribution in [0.2, 0.25) is 0 Å². The number of benzene rings is 1. The van der Waals surface area contributed by atoms with Crippen LogP contribution in [0.5, 0.6) is 0 Å². The molecule has 0 fully saturated rings. The van der Waals surface area contributed by atoms with Crippen molar-refractivity contribution in [3.8, 4) is 12.3 Å². The van der Waals surface area contributed by atoms with Gasteiger partial charge in [-0.25, -0.2) is 0 Å². The van der Waals surface area contributed by atoms with E-state index < -0.39 is 0 Å². The van der Waals surface area contributed by atoms with Crippen LogP contribution >= 0.6 is 11.3 Å². The molecule has 17 heavy (non-hydrogen) atoms. The lowest BCUT2D eigenvalue weighted by Crippen LogP contribution is -2.24. The fraction of sp³-hybridized carbons (Fsp3) is 0.214. The molecule has 1 aromatic carbocycles. The Balaban J connectivity index is 2.04. The Morgan fingerprint density at radius 1 is 1.41 bits per heavy atom. The second kappa shape index (κ2) is 5.62. The summed E-state index contributed by atoms with van der Waals surface area (Å²) in [7, 11) is 0. The Morgan fingerprint density at radius 2 is 2.24 bits per heavy atom. The molecule has 2 rings (SSSR count). The predicted octanol–water partition coefficient (Wildman–Crippen LogP) is 2.24. The topological polar surface area (TPSA) is 29.1 Å². The maximum absolute atomic E-state index is 11.7. The van der Waals surface area contributed by atoms with Gasteiger partial charge in [-0.15, -0.1) is 17.8 Å². The molecule has 86 valence electrons. The molecule has 0 amide bonds. The Kier molecular flexibility index (Phi) is 3.92. The molecule has 2 nitrogen and oxygen atoms in total. The minimum Gasteiger partial charge on any atom is -0.299 e. The number of hydrogen-bond donors (Lipinski definition) is 1. The SMILES string of the molecule is C#CCNCC(=O)Cc1csc2ccccc12. The summed E-state index contributed by atoms with van der Waals surface area (Å²) in [6.07, 6.45) is 5.58. The van der Waals surface area contributed by atoms with E-state index >= 15 is 0 Å². The lowest BCUT2D eigenvalue weighted by Gasteiger charge is -2.00. The smallest absolute Gasteiger partial charge is 0.151 e. The van der Waals surface area contributed by atoms with Gasteiger partial charge >= 0.3 is 0 Å². The largest absolute Gasteiger partial charge is 0.299 e. The summed E-state index contributed by atoms with van der Waals surface area (Å²) >= 11 is 1.68. The number of carbonyl (C=O) groups is 1. The van der Waals surface area contributed by atoms with Gasteiger partial charge in [-0.3, -0.25) is 10.1 Å². The van der Waals surface area contributed by atoms with Gasteiger partial charge in [0.2, 0.25) is 0 Å². The third-order valence-electron chi connectivity index (χ3n) is 2.50. The Bertz CT molecular complexity index is 565. The normalized spacial score (nSPS) is 10.3. The maximum Gasteiger partial charge on any atom is 0.151 e. The van der Waals surface area contributed by atoms with E-state index in [9.17, 15) is 4.79 Å². The molecular weight excluding hydrogens is 230 g/mol. The van der Waals surface area contributed by atoms with Crippen molar-refractivity contribution >= 4 is 27.2 Å². The van der Waals surface area contributed by atoms with Gasteiger partial charge in [0.1, 0.15) is 0 Å². The summed E-state index contributed by atoms with van der Waals surface area (Å²) in [6, 6.07) is 8.15. The van der Waals surface area contributed by atoms with Crippen LogP contribution in [0.1, 0.15) is 5.56 Å². The van der Waals surface area contributed by atoms with Crippen LogP contribution in [0.3, 0.4) is 0 Å². The molecule has 0 unspecified atom stereocenters. The Hall–Kier alpha value is -1.63. The Labute approximate surface area is 105 Å². The summed E-state index contributed by atoms with van der Waals surface area (Å²) < 4.78 is 1.23. The number of hydrogen-bond acceptors (Lipinski definition) is 3. The van der Waals surface area contributed by atoms with Crippen molar-refractivity contribution < 1.29 is 4.79 Å². The first kappa shape index (κ1) is 11.8. The summed E-state index contributed by atoms with van der Waals surface area (Å²) in [4.78, 5) is 11.7. The van der Waals surface area contributed by atoms with E-state index in [1.54, 1.807) is 11.3 Å². The highest BCUT2D eigenvalue weighted by atomic mass is 32.1. The van der Waals surface area contributed by atoms with Crippen LogP contribution in [-0.4, -0.2) is 18.9 Å². The number of thiophene rings is 1. The molecule has 0 radical (unpaired) electrons. The summed E-state index contributed by atoms with van der Waals surface area (Å²) in [6.45, 7) is 0.782. The van der Waals surface area contributed by atoms with Crippen LogP contribution in [0, 0.1) is 12.3 Å². The fourth-order valence-electron chi connectivity index (χ4n) is 1.72. The molecule has 0 saturated heterocycles. The molecule has 1 heterocycles. The number of Topliss-reactive ketones (excluding diaryl/α,β-unsaturated/α-hetero) is 1. The molecule has 0 spiro atoms. The quantitative estimate of drug-likeness (QED) is 0.644. The number of fused-ring (bicyclic) bond motifs is 1. The van der Waals surface area contributed by atoms with Crippen LogP contribution in [0.25, 0.3) is 10.1 Å². The lowest BCUT2D eigenvalue weighted by molar-refractivity contribution is -0.117. The Morgan fingerprint density at radius 3 is 3.06 bits per heavy atom. The molecule has 0 aliphatic rings. The van der Waals surface area contributed by atoms with Crippen molar-refractivity contribution in [1.82, 2.24) is 5.32 Å². The number of ketones is 1. The second-order valence-electron chi connectivity index (χ2n) is 3.78. The molecule has 0 saturated carbocycles. The monoisotopic (exact) mass is 243 g/mol. The standard InChI is InChI=1S/C14H13NOS/c1-2-7-15-9-12(16)8-11-10-17-14-6-4-3-5-13(11)14/h1,3-6,10,15H,7-9H2. The van der Waals surface area contributed by atoms with Gasteiger partial charge in [-0.05, 0) is 22.4 Å². The highest BCUT2D eigenvalue weighted by molar-refractivity contribution is 7.17. The van der Waals surface area contributed by atoms with Crippen molar-refractivity contribution in [1.29, 1.82) is 0 Å². The third-order valence-corrected chi connectivity index (χ3v) is 3.51. The molecule has 0 bridgehead atoms. The van der Waals surface area contributed by atoms with Gasteiger partial charge < -0.3 is 0 Å². The number of carbonyl (C=O) groups excluding carboxylic acids is 1. The summed E-state index contributed by atoms with van der Waals surface area (Å²) in [5.74, 6) is 2.62. The van der Waals surface area contributed by atoms with Crippen molar-refractivity contribution in [2.75, 3.05) is 13.1 Å². The number of rotatable bonds is 5. The van der Waals surface area contributed by atoms with E-state index in [1.807, 2.05) is 12.1 Å². The average Bonchev–Trinajstić information content (AvgIpc) is 2.73. The van der Waals surface area contributed by atoms with Crippen molar-refractivity contribution in [2.24, 2.45) is 0 Å². The van der Waals surface area contributed by atoms with Crippen molar-refractivity contribution in [2.45, 2.75) is 6.42 Å². The van der Waals surface area contributed by atoms with Gasteiger partial charge in [0.25, 0.3) is 0 Å². The highest BCUT2D eigenvalue weighted by Gasteiger charge is 2.08. The molecule has 1 aromatic heterocycles. The molecular formula is C14H13NOS. The van der Waals surface area contributed by atoms with Crippen LogP contribution < -0.4 is 5.32 Å². The highest BCUT2D eigenvalue weighted by Crippen LogP contribution is 2.25. The molecule has 0 atom stereocenters. The zero-order chi connectivity index (χ0) is 12.1. The first-order valence-electron chi connectivity index (χ1n) is 5.42. The van der Waals surface area contributed by atoms with Crippen molar-refractivity contribution in [3.05, 3.63) is 35.2 Å². The van der Waals surface area contributed by atoms with Crippen molar-refractivity contribution in [3.63, 3.8) is 0 Å². The van der Waals surface area contributed by atoms with E-state index in [0.29, 0.717) is 19.5 Å². The third kappa shape index (κ3) is 2.94. The van der Waals surface area contributed by atoms with Gasteiger partial charge in [0, 0.05) is 11.1 Å². The zero-order valence-electron chi connectivity index (χ0n) is 9.40. The van der Waals surface area contributed by atoms with Crippen LogP contribution in [0.15, 0.2) is 29.6 Å². The fourth-order valence-corrected chi connectivity index (χ4v) is 2.68. The zero-order valence-corrected chi connectivity index (χ0v) is 10.2. The van der Waals surface area contributed by atoms with Gasteiger partial charge in [0.05, 0.1) is 13.1 Å². The molecule has 0 aliphatic heterocycles. The van der Waals surface area contributed by atoms with E-state index in [0.717, 1.165) is 5.56 Å². The van der Waals surface area contributed by atoms with Crippen LogP contribution in [0.4, 0.5) is 0 Å². The average molecular weight is 243 g/mol. The minimum absolute atomic E-state index is 0.170. The van der Waals surface area contributed by atoms with Gasteiger partial charge in [-0.1, -0.05) is 24.1 Å². The van der Waals surface area contributed by atoms with E-state index in [-0.39, 0.29) is 5.78 Å². The number of terminal acetylenes is 1. The van der Waals surface area contributed by atoms with E-state index in [2.05, 4.69) is 28.8 Å². The second-order valence-corrected chi connectivity index (χ2v) is 4.69. The van der Waals surface area contributed by atoms with Crippen LogP contribution in [-0.2, 0) is 11.2 Å². The summed E-state index contributed by atoms with van der Waals surface area (Å²) in [5, 5.41) is 6.16. The molecule has 0 aliphatic carbocycles.